The van der Waals surface area contributed by atoms with Gasteiger partial charge >= 0.3 is 6.03 Å². The lowest BCUT2D eigenvalue weighted by atomic mass is 10.0. The lowest BCUT2D eigenvalue weighted by Gasteiger charge is -2.35. The summed E-state index contributed by atoms with van der Waals surface area (Å²) < 4.78 is 23.5. The second kappa shape index (κ2) is 17.2. The number of amides is 4. The van der Waals surface area contributed by atoms with Crippen molar-refractivity contribution in [2.45, 2.75) is 64.7 Å². The number of aliphatic hydroxyl groups excluding tert-OH is 1. The molecule has 12 heteroatoms. The Balaban J connectivity index is 1.35. The number of likely N-dealkylation sites (N-methyl/N-ethyl adjacent to an activating group) is 1. The molecule has 5 rings (SSSR count). The van der Waals surface area contributed by atoms with Gasteiger partial charge in [-0.2, -0.15) is 0 Å². The molecule has 0 saturated heterocycles. The van der Waals surface area contributed by atoms with E-state index in [4.69, 9.17) is 18.9 Å². The second-order valence-electron chi connectivity index (χ2n) is 13.1. The number of nitrogens with zero attached hydrogens (tertiary/aromatic N) is 2. The van der Waals surface area contributed by atoms with E-state index in [9.17, 15) is 19.5 Å². The SMILES string of the molecule is C[C@@H]1CN([C@@H](C)CO)C(=O)c2cc(NC(=O)Cc3ccccc3)ccc2O[C@@H](C)CCCCO[C@@H]1CN(C)C(=O)Nc1ccc2c(c1)OCO2. The molecule has 0 unspecified atom stereocenters. The summed E-state index contributed by atoms with van der Waals surface area (Å²) in [4.78, 5) is 43.7. The lowest BCUT2D eigenvalue weighted by Crippen LogP contribution is -2.48. The number of rotatable bonds is 8. The third kappa shape index (κ3) is 9.66. The number of benzene rings is 3. The number of ether oxygens (including phenoxy) is 4. The third-order valence-electron chi connectivity index (χ3n) is 8.97. The maximum atomic E-state index is 14.4. The number of anilines is 2. The van der Waals surface area contributed by atoms with Gasteiger partial charge in [-0.15, -0.1) is 0 Å². The Bertz CT molecular complexity index is 1620. The van der Waals surface area contributed by atoms with E-state index in [0.717, 1.165) is 24.8 Å². The second-order valence-corrected chi connectivity index (χ2v) is 13.1. The number of carbonyl (C=O) groups is 3. The van der Waals surface area contributed by atoms with Crippen molar-refractivity contribution in [1.82, 2.24) is 9.80 Å². The normalized spacial score (nSPS) is 20.1. The van der Waals surface area contributed by atoms with Gasteiger partial charge in [-0.3, -0.25) is 9.59 Å². The average molecular weight is 689 g/mol. The summed E-state index contributed by atoms with van der Waals surface area (Å²) in [5, 5.41) is 16.1. The van der Waals surface area contributed by atoms with E-state index in [0.29, 0.717) is 35.2 Å². The number of carbonyl (C=O) groups excluding carboxylic acids is 3. The molecule has 0 fully saturated rings. The Hall–Kier alpha value is -4.81. The van der Waals surface area contributed by atoms with Gasteiger partial charge in [-0.25, -0.2) is 4.79 Å². The summed E-state index contributed by atoms with van der Waals surface area (Å²) in [6.07, 6.45) is 1.96. The van der Waals surface area contributed by atoms with Crippen LogP contribution in [0.15, 0.2) is 66.7 Å². The number of fused-ring (bicyclic) bond motifs is 2. The molecule has 12 nitrogen and oxygen atoms in total. The average Bonchev–Trinajstić information content (AvgIpc) is 3.58. The third-order valence-corrected chi connectivity index (χ3v) is 8.97. The zero-order valence-electron chi connectivity index (χ0n) is 29.2. The molecule has 268 valence electrons. The quantitative estimate of drug-likeness (QED) is 0.280. The fourth-order valence-electron chi connectivity index (χ4n) is 6.00. The van der Waals surface area contributed by atoms with Crippen molar-refractivity contribution in [3.8, 4) is 17.2 Å². The first-order valence-corrected chi connectivity index (χ1v) is 17.2. The first-order chi connectivity index (χ1) is 24.1. The number of urea groups is 1. The predicted octanol–water partition coefficient (Wildman–Crippen LogP) is 5.56. The van der Waals surface area contributed by atoms with Crippen molar-refractivity contribution in [2.24, 2.45) is 5.92 Å². The molecule has 50 heavy (non-hydrogen) atoms. The Morgan fingerprint density at radius 2 is 1.68 bits per heavy atom. The minimum atomic E-state index is -0.535. The van der Waals surface area contributed by atoms with Gasteiger partial charge in [0.25, 0.3) is 5.91 Å². The highest BCUT2D eigenvalue weighted by molar-refractivity contribution is 6.00. The molecule has 3 N–H and O–H groups in total. The Labute approximate surface area is 293 Å². The molecule has 0 saturated carbocycles. The van der Waals surface area contributed by atoms with Crippen molar-refractivity contribution in [2.75, 3.05) is 50.8 Å². The van der Waals surface area contributed by atoms with Crippen LogP contribution in [0.4, 0.5) is 16.2 Å². The van der Waals surface area contributed by atoms with Crippen LogP contribution < -0.4 is 24.8 Å². The predicted molar refractivity (Wildman–Crippen MR) is 190 cm³/mol. The maximum absolute atomic E-state index is 14.4. The number of hydrogen-bond donors (Lipinski definition) is 3. The van der Waals surface area contributed by atoms with Gasteiger partial charge in [-0.1, -0.05) is 37.3 Å². The van der Waals surface area contributed by atoms with Crippen LogP contribution in [0.25, 0.3) is 0 Å². The molecule has 4 amide bonds. The first-order valence-electron chi connectivity index (χ1n) is 17.2. The maximum Gasteiger partial charge on any atom is 0.321 e. The fourth-order valence-corrected chi connectivity index (χ4v) is 6.00. The molecule has 3 aromatic rings. The van der Waals surface area contributed by atoms with Gasteiger partial charge < -0.3 is 44.5 Å². The highest BCUT2D eigenvalue weighted by Gasteiger charge is 2.31. The molecule has 2 aliphatic heterocycles. The molecule has 0 radical (unpaired) electrons. The summed E-state index contributed by atoms with van der Waals surface area (Å²) in [7, 11) is 1.70. The van der Waals surface area contributed by atoms with Gasteiger partial charge in [0.15, 0.2) is 11.5 Å². The van der Waals surface area contributed by atoms with Gasteiger partial charge in [0.1, 0.15) is 5.75 Å². The van der Waals surface area contributed by atoms with Gasteiger partial charge in [0, 0.05) is 50.1 Å². The van der Waals surface area contributed by atoms with Crippen LogP contribution in [0.1, 0.15) is 56.0 Å². The Kier molecular flexibility index (Phi) is 12.6. The topological polar surface area (TPSA) is 139 Å². The zero-order chi connectivity index (χ0) is 35.6. The fraction of sp³-hybridized carbons (Fsp3) is 0.447. The van der Waals surface area contributed by atoms with Crippen molar-refractivity contribution in [3.05, 3.63) is 77.9 Å². The summed E-state index contributed by atoms with van der Waals surface area (Å²) in [5.74, 6) is 0.829. The Morgan fingerprint density at radius 1 is 0.960 bits per heavy atom. The lowest BCUT2D eigenvalue weighted by molar-refractivity contribution is -0.115. The molecule has 3 aromatic carbocycles. The molecule has 2 aliphatic rings. The zero-order valence-corrected chi connectivity index (χ0v) is 29.2. The molecule has 0 spiro atoms. The van der Waals surface area contributed by atoms with Gasteiger partial charge in [0.05, 0.1) is 36.8 Å². The molecule has 0 bridgehead atoms. The van der Waals surface area contributed by atoms with Gasteiger partial charge in [0.2, 0.25) is 12.7 Å². The van der Waals surface area contributed by atoms with E-state index in [1.54, 1.807) is 60.2 Å². The minimum absolute atomic E-state index is 0.141. The largest absolute Gasteiger partial charge is 0.490 e. The summed E-state index contributed by atoms with van der Waals surface area (Å²) in [6.45, 7) is 6.58. The molecular weight excluding hydrogens is 640 g/mol. The minimum Gasteiger partial charge on any atom is -0.490 e. The van der Waals surface area contributed by atoms with E-state index in [1.807, 2.05) is 44.2 Å². The van der Waals surface area contributed by atoms with Crippen molar-refractivity contribution >= 4 is 29.2 Å². The van der Waals surface area contributed by atoms with Crippen molar-refractivity contribution in [3.63, 3.8) is 0 Å². The summed E-state index contributed by atoms with van der Waals surface area (Å²) >= 11 is 0. The monoisotopic (exact) mass is 688 g/mol. The van der Waals surface area contributed by atoms with Crippen LogP contribution in [-0.4, -0.2) is 91.1 Å². The molecule has 0 aliphatic carbocycles. The van der Waals surface area contributed by atoms with Crippen LogP contribution in [0.2, 0.25) is 0 Å². The van der Waals surface area contributed by atoms with E-state index < -0.39 is 12.1 Å². The molecule has 4 atom stereocenters. The number of nitrogens with one attached hydrogen (secondary N) is 2. The van der Waals surface area contributed by atoms with Crippen LogP contribution in [0.5, 0.6) is 17.2 Å². The first kappa shape index (κ1) is 36.5. The van der Waals surface area contributed by atoms with Crippen LogP contribution in [0, 0.1) is 5.92 Å². The highest BCUT2D eigenvalue weighted by Crippen LogP contribution is 2.34. The number of aliphatic hydroxyl groups is 1. The summed E-state index contributed by atoms with van der Waals surface area (Å²) in [5.41, 5.74) is 2.21. The molecular formula is C38H48N4O8. The van der Waals surface area contributed by atoms with Crippen molar-refractivity contribution in [1.29, 1.82) is 0 Å². The number of hydrogen-bond acceptors (Lipinski definition) is 8. The highest BCUT2D eigenvalue weighted by atomic mass is 16.7. The van der Waals surface area contributed by atoms with E-state index >= 15 is 0 Å². The van der Waals surface area contributed by atoms with Crippen LogP contribution in [0.3, 0.4) is 0 Å². The smallest absolute Gasteiger partial charge is 0.321 e. The molecule has 2 heterocycles. The summed E-state index contributed by atoms with van der Waals surface area (Å²) in [6, 6.07) is 18.9. The van der Waals surface area contributed by atoms with Crippen LogP contribution >= 0.6 is 0 Å². The standard InChI is InChI=1S/C38H48N4O8/c1-25-21-42(26(2)23-43)37(45)31-19-29(39-36(44)18-28-11-6-5-7-12-28)13-15-32(31)50-27(3)10-8-9-17-47-35(25)22-41(4)38(46)40-30-14-16-33-34(20-30)49-24-48-33/h5-7,11-16,19-20,25-27,35,43H,8-10,17-18,21-24H2,1-4H3,(H,39,44)(H,40,46)/t25-,26+,27+,35-/m1/s1. The van der Waals surface area contributed by atoms with Crippen LogP contribution in [-0.2, 0) is 16.0 Å². The van der Waals surface area contributed by atoms with Crippen molar-refractivity contribution < 1.29 is 38.4 Å². The van der Waals surface area contributed by atoms with Gasteiger partial charge in [-0.05, 0) is 69.0 Å². The van der Waals surface area contributed by atoms with E-state index in [1.165, 1.54) is 0 Å². The molecule has 0 aromatic heterocycles. The Morgan fingerprint density at radius 3 is 2.44 bits per heavy atom. The van der Waals surface area contributed by atoms with E-state index in [-0.39, 0.29) is 68.3 Å². The van der Waals surface area contributed by atoms with E-state index in [2.05, 4.69) is 10.6 Å².